The SMILES string of the molecule is CN1c2ccccc2CN(c2ccccc2)C1C=O. The van der Waals surface area contributed by atoms with Crippen molar-refractivity contribution >= 4 is 17.7 Å². The van der Waals surface area contributed by atoms with Gasteiger partial charge in [-0.25, -0.2) is 0 Å². The number of likely N-dealkylation sites (N-methyl/N-ethyl adjacent to an activating group) is 1. The van der Waals surface area contributed by atoms with E-state index in [4.69, 9.17) is 0 Å². The van der Waals surface area contributed by atoms with Gasteiger partial charge in [0.15, 0.2) is 12.5 Å². The van der Waals surface area contributed by atoms with Crippen LogP contribution in [0.4, 0.5) is 11.4 Å². The van der Waals surface area contributed by atoms with Gasteiger partial charge in [-0.15, -0.1) is 0 Å². The Morgan fingerprint density at radius 1 is 1.05 bits per heavy atom. The average molecular weight is 252 g/mol. The second-order valence-electron chi connectivity index (χ2n) is 4.75. The molecule has 0 fully saturated rings. The van der Waals surface area contributed by atoms with E-state index in [9.17, 15) is 4.79 Å². The van der Waals surface area contributed by atoms with Gasteiger partial charge in [-0.2, -0.15) is 0 Å². The van der Waals surface area contributed by atoms with E-state index in [0.29, 0.717) is 0 Å². The van der Waals surface area contributed by atoms with Crippen LogP contribution in [0.5, 0.6) is 0 Å². The van der Waals surface area contributed by atoms with Gasteiger partial charge in [-0.1, -0.05) is 36.4 Å². The lowest BCUT2D eigenvalue weighted by Gasteiger charge is -2.42. The molecular weight excluding hydrogens is 236 g/mol. The molecule has 0 spiro atoms. The Bertz CT molecular complexity index is 582. The van der Waals surface area contributed by atoms with E-state index in [0.717, 1.165) is 24.2 Å². The van der Waals surface area contributed by atoms with Gasteiger partial charge in [-0.05, 0) is 23.8 Å². The maximum atomic E-state index is 11.5. The fraction of sp³-hybridized carbons (Fsp3) is 0.188. The number of carbonyl (C=O) groups is 1. The topological polar surface area (TPSA) is 23.6 Å². The van der Waals surface area contributed by atoms with E-state index in [2.05, 4.69) is 17.0 Å². The highest BCUT2D eigenvalue weighted by molar-refractivity contribution is 5.75. The minimum absolute atomic E-state index is 0.253. The zero-order valence-corrected chi connectivity index (χ0v) is 10.9. The maximum Gasteiger partial charge on any atom is 0.162 e. The molecule has 0 saturated carbocycles. The normalized spacial score (nSPS) is 18.1. The zero-order valence-electron chi connectivity index (χ0n) is 10.9. The lowest BCUT2D eigenvalue weighted by Crippen LogP contribution is -2.51. The number of para-hydroxylation sites is 2. The van der Waals surface area contributed by atoms with E-state index in [1.165, 1.54) is 5.56 Å². The number of hydrogen-bond acceptors (Lipinski definition) is 3. The maximum absolute atomic E-state index is 11.5. The molecule has 0 aliphatic carbocycles. The molecule has 2 aromatic carbocycles. The first kappa shape index (κ1) is 11.8. The molecule has 0 bridgehead atoms. The number of fused-ring (bicyclic) bond motifs is 1. The van der Waals surface area contributed by atoms with Crippen LogP contribution in [0.3, 0.4) is 0 Å². The number of nitrogens with zero attached hydrogens (tertiary/aromatic N) is 2. The molecule has 3 rings (SSSR count). The third-order valence-electron chi connectivity index (χ3n) is 3.64. The van der Waals surface area contributed by atoms with E-state index >= 15 is 0 Å². The third kappa shape index (κ3) is 1.97. The number of benzene rings is 2. The Balaban J connectivity index is 2.05. The van der Waals surface area contributed by atoms with Crippen molar-refractivity contribution in [2.45, 2.75) is 12.7 Å². The van der Waals surface area contributed by atoms with Gasteiger partial charge >= 0.3 is 0 Å². The molecule has 0 N–H and O–H groups in total. The largest absolute Gasteiger partial charge is 0.348 e. The summed E-state index contributed by atoms with van der Waals surface area (Å²) < 4.78 is 0. The molecule has 0 aromatic heterocycles. The van der Waals surface area contributed by atoms with E-state index in [-0.39, 0.29) is 6.17 Å². The summed E-state index contributed by atoms with van der Waals surface area (Å²) >= 11 is 0. The fourth-order valence-corrected chi connectivity index (χ4v) is 2.65. The number of anilines is 2. The predicted octanol–water partition coefficient (Wildman–Crippen LogP) is 2.67. The van der Waals surface area contributed by atoms with Gasteiger partial charge in [0.05, 0.1) is 0 Å². The first-order valence-electron chi connectivity index (χ1n) is 6.39. The van der Waals surface area contributed by atoms with Crippen molar-refractivity contribution in [1.29, 1.82) is 0 Å². The molecule has 1 heterocycles. The highest BCUT2D eigenvalue weighted by atomic mass is 16.1. The molecule has 1 aliphatic rings. The Morgan fingerprint density at radius 2 is 1.74 bits per heavy atom. The summed E-state index contributed by atoms with van der Waals surface area (Å²) in [5, 5.41) is 0. The molecule has 3 heteroatoms. The van der Waals surface area contributed by atoms with Gasteiger partial charge < -0.3 is 9.80 Å². The van der Waals surface area contributed by atoms with Crippen molar-refractivity contribution < 1.29 is 4.79 Å². The molecule has 96 valence electrons. The first-order valence-corrected chi connectivity index (χ1v) is 6.39. The zero-order chi connectivity index (χ0) is 13.2. The second kappa shape index (κ2) is 4.76. The molecule has 0 radical (unpaired) electrons. The summed E-state index contributed by atoms with van der Waals surface area (Å²) in [7, 11) is 1.97. The van der Waals surface area contributed by atoms with E-state index < -0.39 is 0 Å². The van der Waals surface area contributed by atoms with Crippen LogP contribution in [-0.2, 0) is 11.3 Å². The first-order chi connectivity index (χ1) is 9.31. The lowest BCUT2D eigenvalue weighted by atomic mass is 10.1. The lowest BCUT2D eigenvalue weighted by molar-refractivity contribution is -0.109. The summed E-state index contributed by atoms with van der Waals surface area (Å²) in [5.74, 6) is 0. The van der Waals surface area contributed by atoms with Gasteiger partial charge in [0.2, 0.25) is 0 Å². The number of rotatable bonds is 2. The minimum Gasteiger partial charge on any atom is -0.348 e. The van der Waals surface area contributed by atoms with Crippen molar-refractivity contribution in [2.24, 2.45) is 0 Å². The average Bonchev–Trinajstić information content (AvgIpc) is 2.48. The van der Waals surface area contributed by atoms with Crippen LogP contribution in [0.15, 0.2) is 54.6 Å². The molecule has 3 nitrogen and oxygen atoms in total. The van der Waals surface area contributed by atoms with Crippen LogP contribution in [0.2, 0.25) is 0 Å². The van der Waals surface area contributed by atoms with Crippen LogP contribution in [0.25, 0.3) is 0 Å². The van der Waals surface area contributed by atoms with Crippen molar-refractivity contribution in [3.05, 3.63) is 60.2 Å². The summed E-state index contributed by atoms with van der Waals surface area (Å²) in [4.78, 5) is 15.6. The fourth-order valence-electron chi connectivity index (χ4n) is 2.65. The Morgan fingerprint density at radius 3 is 2.47 bits per heavy atom. The number of aldehydes is 1. The van der Waals surface area contributed by atoms with E-state index in [1.807, 2.05) is 54.4 Å². The van der Waals surface area contributed by atoms with Crippen LogP contribution in [-0.4, -0.2) is 19.5 Å². The minimum atomic E-state index is -0.253. The number of hydrogen-bond donors (Lipinski definition) is 0. The van der Waals surface area contributed by atoms with Gasteiger partial charge in [0.25, 0.3) is 0 Å². The Hall–Kier alpha value is -2.29. The van der Waals surface area contributed by atoms with Gasteiger partial charge in [-0.3, -0.25) is 4.79 Å². The molecule has 0 amide bonds. The third-order valence-corrected chi connectivity index (χ3v) is 3.64. The molecule has 1 unspecified atom stereocenters. The smallest absolute Gasteiger partial charge is 0.162 e. The highest BCUT2D eigenvalue weighted by Crippen LogP contribution is 2.32. The molecule has 1 atom stereocenters. The summed E-state index contributed by atoms with van der Waals surface area (Å²) in [6.07, 6.45) is 0.750. The van der Waals surface area contributed by atoms with Crippen LogP contribution in [0.1, 0.15) is 5.56 Å². The second-order valence-corrected chi connectivity index (χ2v) is 4.75. The number of carbonyl (C=O) groups excluding carboxylic acids is 1. The van der Waals surface area contributed by atoms with Crippen molar-refractivity contribution in [1.82, 2.24) is 0 Å². The van der Waals surface area contributed by atoms with Crippen molar-refractivity contribution in [3.8, 4) is 0 Å². The monoisotopic (exact) mass is 252 g/mol. The quantitative estimate of drug-likeness (QED) is 0.768. The summed E-state index contributed by atoms with van der Waals surface area (Å²) in [6, 6.07) is 18.3. The van der Waals surface area contributed by atoms with Gasteiger partial charge in [0.1, 0.15) is 0 Å². The molecule has 0 saturated heterocycles. The van der Waals surface area contributed by atoms with Crippen molar-refractivity contribution in [3.63, 3.8) is 0 Å². The standard InChI is InChI=1S/C16H16N2O/c1-17-15-10-6-5-7-13(15)11-18(16(17)12-19)14-8-3-2-4-9-14/h2-10,12,16H,11H2,1H3. The molecular formula is C16H16N2O. The molecule has 2 aromatic rings. The van der Waals surface area contributed by atoms with Crippen LogP contribution < -0.4 is 9.80 Å². The van der Waals surface area contributed by atoms with Crippen molar-refractivity contribution in [2.75, 3.05) is 16.8 Å². The Kier molecular flexibility index (Phi) is 2.95. The summed E-state index contributed by atoms with van der Waals surface area (Å²) in [6.45, 7) is 0.758. The van der Waals surface area contributed by atoms with Crippen LogP contribution in [0, 0.1) is 0 Å². The Labute approximate surface area is 113 Å². The van der Waals surface area contributed by atoms with Gasteiger partial charge in [0, 0.05) is 25.0 Å². The van der Waals surface area contributed by atoms with Crippen LogP contribution >= 0.6 is 0 Å². The molecule has 19 heavy (non-hydrogen) atoms. The predicted molar refractivity (Wildman–Crippen MR) is 77.3 cm³/mol. The molecule has 1 aliphatic heterocycles. The summed E-state index contributed by atoms with van der Waals surface area (Å²) in [5.41, 5.74) is 3.44. The van der Waals surface area contributed by atoms with E-state index in [1.54, 1.807) is 0 Å². The highest BCUT2D eigenvalue weighted by Gasteiger charge is 2.29.